The van der Waals surface area contributed by atoms with Gasteiger partial charge >= 0.3 is 0 Å². The van der Waals surface area contributed by atoms with Gasteiger partial charge in [-0.05, 0) is 20.9 Å². The lowest BCUT2D eigenvalue weighted by atomic mass is 10.3. The predicted octanol–water partition coefficient (Wildman–Crippen LogP) is 1.80. The highest BCUT2D eigenvalue weighted by Crippen LogP contribution is 1.91. The maximum atomic E-state index is 8.30. The van der Waals surface area contributed by atoms with Gasteiger partial charge in [-0.1, -0.05) is 11.6 Å². The molecule has 0 fully saturated rings. The van der Waals surface area contributed by atoms with Gasteiger partial charge in [0.2, 0.25) is 0 Å². The smallest absolute Gasteiger partial charge is 0.0635 e. The fourth-order valence-electron chi connectivity index (χ4n) is 0.671. The van der Waals surface area contributed by atoms with Crippen LogP contribution in [-0.4, -0.2) is 25.0 Å². The molecule has 0 N–H and O–H groups in total. The summed E-state index contributed by atoms with van der Waals surface area (Å²) in [4.78, 5) is 2.14. The van der Waals surface area contributed by atoms with E-state index in [1.54, 1.807) is 0 Å². The van der Waals surface area contributed by atoms with Crippen LogP contribution in [0, 0.1) is 11.3 Å². The minimum absolute atomic E-state index is 0.618. The number of nitrogens with zero attached hydrogens (tertiary/aromatic N) is 2. The number of allylic oxidation sites excluding steroid dienone is 1. The highest BCUT2D eigenvalue weighted by Gasteiger charge is 1.92. The second-order valence-electron chi connectivity index (χ2n) is 2.95. The highest BCUT2D eigenvalue weighted by atomic mass is 15.1. The van der Waals surface area contributed by atoms with Gasteiger partial charge in [0.25, 0.3) is 0 Å². The molecule has 2 nitrogen and oxygen atoms in total. The summed E-state index contributed by atoms with van der Waals surface area (Å²) >= 11 is 0. The molecule has 0 aromatic rings. The molecule has 0 unspecified atom stereocenters. The van der Waals surface area contributed by atoms with Crippen LogP contribution in [-0.2, 0) is 0 Å². The molecule has 0 atom stereocenters. The van der Waals surface area contributed by atoms with Crippen molar-refractivity contribution in [2.45, 2.75) is 20.3 Å². The van der Waals surface area contributed by atoms with E-state index in [0.717, 1.165) is 13.1 Å². The van der Waals surface area contributed by atoms with Gasteiger partial charge in [-0.15, -0.1) is 0 Å². The molecule has 0 aliphatic rings. The first-order valence-electron chi connectivity index (χ1n) is 3.85. The van der Waals surface area contributed by atoms with Crippen LogP contribution >= 0.6 is 0 Å². The lowest BCUT2D eigenvalue weighted by Gasteiger charge is -2.11. The second-order valence-corrected chi connectivity index (χ2v) is 2.95. The Kier molecular flexibility index (Phi) is 5.50. The Bertz CT molecular complexity index is 161. The minimum Gasteiger partial charge on any atom is -0.302 e. The molecule has 0 rings (SSSR count). The van der Waals surface area contributed by atoms with Gasteiger partial charge in [-0.25, -0.2) is 0 Å². The van der Waals surface area contributed by atoms with E-state index in [-0.39, 0.29) is 0 Å². The van der Waals surface area contributed by atoms with Crippen molar-refractivity contribution >= 4 is 0 Å². The van der Waals surface area contributed by atoms with E-state index < -0.39 is 0 Å². The minimum atomic E-state index is 0.618. The van der Waals surface area contributed by atoms with Crippen LogP contribution in [0.3, 0.4) is 0 Å². The Balaban J connectivity index is 3.46. The summed E-state index contributed by atoms with van der Waals surface area (Å²) < 4.78 is 0. The molecule has 0 radical (unpaired) electrons. The molecule has 0 heterocycles. The topological polar surface area (TPSA) is 27.0 Å². The van der Waals surface area contributed by atoms with E-state index in [9.17, 15) is 0 Å². The van der Waals surface area contributed by atoms with Gasteiger partial charge in [0.05, 0.1) is 6.07 Å². The number of likely N-dealkylation sites (N-methyl/N-ethyl adjacent to an activating group) is 1. The van der Waals surface area contributed by atoms with Crippen molar-refractivity contribution in [3.05, 3.63) is 11.6 Å². The Hall–Kier alpha value is -0.810. The van der Waals surface area contributed by atoms with Gasteiger partial charge in [-0.2, -0.15) is 5.26 Å². The zero-order valence-electron chi connectivity index (χ0n) is 7.59. The summed E-state index contributed by atoms with van der Waals surface area (Å²) in [6.07, 6.45) is 2.78. The lowest BCUT2D eigenvalue weighted by molar-refractivity contribution is 0.379. The molecule has 0 saturated carbocycles. The van der Waals surface area contributed by atoms with E-state index in [1.807, 2.05) is 7.05 Å². The largest absolute Gasteiger partial charge is 0.302 e. The van der Waals surface area contributed by atoms with Crippen LogP contribution in [0.4, 0.5) is 0 Å². The van der Waals surface area contributed by atoms with Gasteiger partial charge < -0.3 is 4.90 Å². The monoisotopic (exact) mass is 152 g/mol. The summed E-state index contributed by atoms with van der Waals surface area (Å²) in [5.41, 5.74) is 1.33. The average molecular weight is 152 g/mol. The van der Waals surface area contributed by atoms with Gasteiger partial charge in [0, 0.05) is 19.5 Å². The first kappa shape index (κ1) is 10.2. The van der Waals surface area contributed by atoms with E-state index in [1.165, 1.54) is 5.57 Å². The maximum Gasteiger partial charge on any atom is 0.0635 e. The third-order valence-electron chi connectivity index (χ3n) is 1.42. The zero-order chi connectivity index (χ0) is 8.69. The second kappa shape index (κ2) is 5.94. The Morgan fingerprint density at radius 2 is 2.18 bits per heavy atom. The third kappa shape index (κ3) is 7.08. The molecule has 62 valence electrons. The Labute approximate surface area is 69.1 Å². The molecule has 0 spiro atoms. The molecule has 0 saturated heterocycles. The van der Waals surface area contributed by atoms with Crippen molar-refractivity contribution < 1.29 is 0 Å². The van der Waals surface area contributed by atoms with Crippen molar-refractivity contribution in [3.63, 3.8) is 0 Å². The van der Waals surface area contributed by atoms with Crippen LogP contribution in [0.5, 0.6) is 0 Å². The van der Waals surface area contributed by atoms with Crippen molar-refractivity contribution in [2.24, 2.45) is 0 Å². The van der Waals surface area contributed by atoms with Crippen LogP contribution in [0.25, 0.3) is 0 Å². The Morgan fingerprint density at radius 3 is 2.64 bits per heavy atom. The maximum absolute atomic E-state index is 8.30. The van der Waals surface area contributed by atoms with E-state index >= 15 is 0 Å². The summed E-state index contributed by atoms with van der Waals surface area (Å²) in [5.74, 6) is 0. The van der Waals surface area contributed by atoms with E-state index in [2.05, 4.69) is 30.9 Å². The molecule has 0 aromatic carbocycles. The summed E-state index contributed by atoms with van der Waals surface area (Å²) in [5, 5.41) is 8.30. The Morgan fingerprint density at radius 1 is 1.55 bits per heavy atom. The van der Waals surface area contributed by atoms with E-state index in [0.29, 0.717) is 6.42 Å². The van der Waals surface area contributed by atoms with Gasteiger partial charge in [-0.3, -0.25) is 0 Å². The first-order chi connectivity index (χ1) is 5.16. The fraction of sp³-hybridized carbons (Fsp3) is 0.667. The number of hydrogen-bond acceptors (Lipinski definition) is 2. The third-order valence-corrected chi connectivity index (χ3v) is 1.42. The molecular formula is C9H16N2. The molecule has 11 heavy (non-hydrogen) atoms. The van der Waals surface area contributed by atoms with E-state index in [4.69, 9.17) is 5.26 Å². The van der Waals surface area contributed by atoms with Gasteiger partial charge in [0.1, 0.15) is 0 Å². The highest BCUT2D eigenvalue weighted by molar-refractivity contribution is 4.94. The lowest BCUT2D eigenvalue weighted by Crippen LogP contribution is -2.19. The fourth-order valence-corrected chi connectivity index (χ4v) is 0.671. The van der Waals surface area contributed by atoms with Crippen LogP contribution < -0.4 is 0 Å². The zero-order valence-corrected chi connectivity index (χ0v) is 7.59. The van der Waals surface area contributed by atoms with Crippen molar-refractivity contribution in [3.8, 4) is 6.07 Å². The SMILES string of the molecule is CC(C)=CCN(C)CCC#N. The summed E-state index contributed by atoms with van der Waals surface area (Å²) in [6.45, 7) is 5.97. The van der Waals surface area contributed by atoms with Crippen molar-refractivity contribution in [1.29, 1.82) is 5.26 Å². The molecular weight excluding hydrogens is 136 g/mol. The van der Waals surface area contributed by atoms with Crippen LogP contribution in [0.15, 0.2) is 11.6 Å². The first-order valence-corrected chi connectivity index (χ1v) is 3.85. The predicted molar refractivity (Wildman–Crippen MR) is 47.2 cm³/mol. The van der Waals surface area contributed by atoms with Gasteiger partial charge in [0.15, 0.2) is 0 Å². The number of rotatable bonds is 4. The summed E-state index contributed by atoms with van der Waals surface area (Å²) in [6, 6.07) is 2.12. The van der Waals surface area contributed by atoms with Crippen molar-refractivity contribution in [1.82, 2.24) is 4.90 Å². The summed E-state index contributed by atoms with van der Waals surface area (Å²) in [7, 11) is 2.02. The normalized spacial score (nSPS) is 9.36. The molecule has 0 bridgehead atoms. The molecule has 0 aromatic heterocycles. The molecule has 0 aliphatic carbocycles. The van der Waals surface area contributed by atoms with Crippen LogP contribution in [0.2, 0.25) is 0 Å². The standard InChI is InChI=1S/C9H16N2/c1-9(2)5-8-11(3)7-4-6-10/h5H,4,7-8H2,1-3H3. The van der Waals surface area contributed by atoms with Crippen molar-refractivity contribution in [2.75, 3.05) is 20.1 Å². The van der Waals surface area contributed by atoms with Crippen LogP contribution in [0.1, 0.15) is 20.3 Å². The number of hydrogen-bond donors (Lipinski definition) is 0. The number of nitriles is 1. The molecule has 0 amide bonds. The molecule has 2 heteroatoms. The quantitative estimate of drug-likeness (QED) is 0.574. The average Bonchev–Trinajstić information content (AvgIpc) is 1.97. The molecule has 0 aliphatic heterocycles.